The van der Waals surface area contributed by atoms with Crippen molar-refractivity contribution >= 4 is 5.96 Å². The Morgan fingerprint density at radius 1 is 1.00 bits per heavy atom. The fourth-order valence-electron chi connectivity index (χ4n) is 3.41. The van der Waals surface area contributed by atoms with Gasteiger partial charge in [0.2, 0.25) is 0 Å². The van der Waals surface area contributed by atoms with Crippen LogP contribution in [0.3, 0.4) is 0 Å². The second kappa shape index (κ2) is 12.0. The standard InChI is InChI=1S/C26H36N6O/c1-19(2)23-12-8-21(9-13-23)7-6-16-27-26(29-18-25-31-30-20(3)32(25)4)28-17-22-10-14-24(33-5)15-11-22/h8-15,19H,6-7,16-18H2,1-5H3,(H2,27,28,29). The van der Waals surface area contributed by atoms with Gasteiger partial charge in [0, 0.05) is 13.6 Å². The minimum absolute atomic E-state index is 0.558. The van der Waals surface area contributed by atoms with Crippen molar-refractivity contribution in [3.63, 3.8) is 0 Å². The number of rotatable bonds is 10. The topological polar surface area (TPSA) is 76.4 Å². The van der Waals surface area contributed by atoms with Crippen molar-refractivity contribution in [2.75, 3.05) is 13.7 Å². The molecule has 176 valence electrons. The van der Waals surface area contributed by atoms with Crippen LogP contribution in [-0.4, -0.2) is 34.4 Å². The van der Waals surface area contributed by atoms with Gasteiger partial charge in [-0.05, 0) is 54.5 Å². The quantitative estimate of drug-likeness (QED) is 0.277. The number of hydrogen-bond acceptors (Lipinski definition) is 4. The molecule has 7 heteroatoms. The van der Waals surface area contributed by atoms with Crippen LogP contribution in [0.25, 0.3) is 0 Å². The third-order valence-electron chi connectivity index (χ3n) is 5.76. The smallest absolute Gasteiger partial charge is 0.191 e. The van der Waals surface area contributed by atoms with E-state index in [1.807, 2.05) is 42.8 Å². The highest BCUT2D eigenvalue weighted by Gasteiger charge is 2.07. The van der Waals surface area contributed by atoms with Gasteiger partial charge in [-0.15, -0.1) is 10.2 Å². The minimum Gasteiger partial charge on any atom is -0.497 e. The highest BCUT2D eigenvalue weighted by molar-refractivity contribution is 5.79. The van der Waals surface area contributed by atoms with Crippen molar-refractivity contribution in [3.05, 3.63) is 76.9 Å². The van der Waals surface area contributed by atoms with Crippen molar-refractivity contribution in [2.45, 2.75) is 52.6 Å². The summed E-state index contributed by atoms with van der Waals surface area (Å²) in [6.07, 6.45) is 2.05. The van der Waals surface area contributed by atoms with E-state index in [-0.39, 0.29) is 0 Å². The van der Waals surface area contributed by atoms with Gasteiger partial charge in [0.1, 0.15) is 11.6 Å². The van der Waals surface area contributed by atoms with Crippen LogP contribution >= 0.6 is 0 Å². The molecule has 3 rings (SSSR count). The molecule has 3 aromatic rings. The average Bonchev–Trinajstić information content (AvgIpc) is 3.15. The molecule has 1 heterocycles. The molecule has 2 N–H and O–H groups in total. The number of nitrogens with zero attached hydrogens (tertiary/aromatic N) is 4. The van der Waals surface area contributed by atoms with Crippen molar-refractivity contribution < 1.29 is 4.74 Å². The first kappa shape index (κ1) is 24.3. The lowest BCUT2D eigenvalue weighted by atomic mass is 10.0. The van der Waals surface area contributed by atoms with Gasteiger partial charge in [-0.3, -0.25) is 0 Å². The number of aromatic nitrogens is 3. The van der Waals surface area contributed by atoms with Gasteiger partial charge in [-0.2, -0.15) is 0 Å². The van der Waals surface area contributed by atoms with E-state index in [1.165, 1.54) is 11.1 Å². The van der Waals surface area contributed by atoms with Gasteiger partial charge in [-0.1, -0.05) is 50.2 Å². The van der Waals surface area contributed by atoms with Gasteiger partial charge < -0.3 is 19.9 Å². The van der Waals surface area contributed by atoms with Crippen LogP contribution < -0.4 is 15.4 Å². The summed E-state index contributed by atoms with van der Waals surface area (Å²) >= 11 is 0. The molecule has 0 bridgehead atoms. The molecule has 0 radical (unpaired) electrons. The average molecular weight is 449 g/mol. The van der Waals surface area contributed by atoms with Crippen molar-refractivity contribution in [1.29, 1.82) is 0 Å². The molecule has 0 fully saturated rings. The van der Waals surface area contributed by atoms with Crippen LogP contribution in [0.4, 0.5) is 0 Å². The maximum atomic E-state index is 5.24. The summed E-state index contributed by atoms with van der Waals surface area (Å²) in [5, 5.41) is 15.2. The molecule has 0 saturated heterocycles. The SMILES string of the molecule is COc1ccc(CN=C(NCCCc2ccc(C(C)C)cc2)NCc2nnc(C)n2C)cc1. The first-order chi connectivity index (χ1) is 16.0. The monoisotopic (exact) mass is 448 g/mol. The highest BCUT2D eigenvalue weighted by atomic mass is 16.5. The van der Waals surface area contributed by atoms with E-state index in [9.17, 15) is 0 Å². The largest absolute Gasteiger partial charge is 0.497 e. The van der Waals surface area contributed by atoms with Crippen LogP contribution in [0.5, 0.6) is 5.75 Å². The fraction of sp³-hybridized carbons (Fsp3) is 0.423. The van der Waals surface area contributed by atoms with Gasteiger partial charge >= 0.3 is 0 Å². The Hall–Kier alpha value is -3.35. The lowest BCUT2D eigenvalue weighted by molar-refractivity contribution is 0.414. The Bertz CT molecular complexity index is 1020. The van der Waals surface area contributed by atoms with Crippen LogP contribution in [0.1, 0.15) is 54.5 Å². The molecule has 0 aliphatic heterocycles. The molecule has 1 aromatic heterocycles. The molecule has 7 nitrogen and oxygen atoms in total. The van der Waals surface area contributed by atoms with E-state index in [4.69, 9.17) is 9.73 Å². The molecule has 0 unspecified atom stereocenters. The second-order valence-corrected chi connectivity index (χ2v) is 8.52. The van der Waals surface area contributed by atoms with Crippen LogP contribution in [0.2, 0.25) is 0 Å². The lowest BCUT2D eigenvalue weighted by Gasteiger charge is -2.13. The summed E-state index contributed by atoms with van der Waals surface area (Å²) in [4.78, 5) is 4.77. The zero-order chi connectivity index (χ0) is 23.6. The number of guanidine groups is 1. The molecule has 0 amide bonds. The Labute approximate surface area is 197 Å². The van der Waals surface area contributed by atoms with E-state index < -0.39 is 0 Å². The molecule has 0 aliphatic carbocycles. The number of methoxy groups -OCH3 is 1. The van der Waals surface area contributed by atoms with E-state index in [1.54, 1.807) is 7.11 Å². The predicted molar refractivity (Wildman–Crippen MR) is 134 cm³/mol. The summed E-state index contributed by atoms with van der Waals surface area (Å²) < 4.78 is 7.22. The molecular weight excluding hydrogens is 412 g/mol. The molecule has 0 spiro atoms. The number of aryl methyl sites for hydroxylation is 2. The van der Waals surface area contributed by atoms with E-state index in [2.05, 4.69) is 58.9 Å². The Morgan fingerprint density at radius 3 is 2.30 bits per heavy atom. The van der Waals surface area contributed by atoms with Crippen molar-refractivity contribution in [1.82, 2.24) is 25.4 Å². The fourth-order valence-corrected chi connectivity index (χ4v) is 3.41. The highest BCUT2D eigenvalue weighted by Crippen LogP contribution is 2.15. The summed E-state index contributed by atoms with van der Waals surface area (Å²) in [5.74, 6) is 3.94. The third kappa shape index (κ3) is 7.34. The maximum absolute atomic E-state index is 5.24. The normalized spacial score (nSPS) is 11.6. The summed E-state index contributed by atoms with van der Waals surface area (Å²) in [7, 11) is 3.64. The van der Waals surface area contributed by atoms with Crippen LogP contribution in [0, 0.1) is 6.92 Å². The van der Waals surface area contributed by atoms with Crippen molar-refractivity contribution in [2.24, 2.45) is 12.0 Å². The first-order valence-electron chi connectivity index (χ1n) is 11.5. The van der Waals surface area contributed by atoms with E-state index in [0.717, 1.165) is 48.3 Å². The zero-order valence-electron chi connectivity index (χ0n) is 20.4. The number of nitrogens with one attached hydrogen (secondary N) is 2. The first-order valence-corrected chi connectivity index (χ1v) is 11.5. The zero-order valence-corrected chi connectivity index (χ0v) is 20.4. The molecule has 0 aliphatic rings. The van der Waals surface area contributed by atoms with Gasteiger partial charge in [0.25, 0.3) is 0 Å². The van der Waals surface area contributed by atoms with Gasteiger partial charge in [-0.25, -0.2) is 4.99 Å². The Balaban J connectivity index is 1.57. The lowest BCUT2D eigenvalue weighted by Crippen LogP contribution is -2.38. The summed E-state index contributed by atoms with van der Waals surface area (Å²) in [5.41, 5.74) is 3.87. The molecule has 33 heavy (non-hydrogen) atoms. The number of ether oxygens (including phenoxy) is 1. The number of benzene rings is 2. The van der Waals surface area contributed by atoms with Gasteiger partial charge in [0.15, 0.2) is 11.8 Å². The Kier molecular flexibility index (Phi) is 8.87. The third-order valence-corrected chi connectivity index (χ3v) is 5.76. The van der Waals surface area contributed by atoms with E-state index in [0.29, 0.717) is 19.0 Å². The maximum Gasteiger partial charge on any atom is 0.191 e. The summed E-state index contributed by atoms with van der Waals surface area (Å²) in [6.45, 7) is 8.36. The van der Waals surface area contributed by atoms with E-state index >= 15 is 0 Å². The predicted octanol–water partition coefficient (Wildman–Crippen LogP) is 4.12. The second-order valence-electron chi connectivity index (χ2n) is 8.52. The molecule has 0 atom stereocenters. The van der Waals surface area contributed by atoms with Gasteiger partial charge in [0.05, 0.1) is 20.2 Å². The number of aliphatic imine (C=N–C) groups is 1. The van der Waals surface area contributed by atoms with Crippen LogP contribution in [-0.2, 0) is 26.6 Å². The summed E-state index contributed by atoms with van der Waals surface area (Å²) in [6, 6.07) is 16.9. The molecular formula is C26H36N6O. The molecule has 2 aromatic carbocycles. The number of hydrogen-bond donors (Lipinski definition) is 2. The van der Waals surface area contributed by atoms with Crippen LogP contribution in [0.15, 0.2) is 53.5 Å². The van der Waals surface area contributed by atoms with Crippen molar-refractivity contribution in [3.8, 4) is 5.75 Å². The molecule has 0 saturated carbocycles. The Morgan fingerprint density at radius 2 is 1.70 bits per heavy atom. The minimum atomic E-state index is 0.558.